The van der Waals surface area contributed by atoms with Crippen molar-refractivity contribution in [2.45, 2.75) is 187 Å². The van der Waals surface area contributed by atoms with E-state index in [-0.39, 0.29) is 29.2 Å². The summed E-state index contributed by atoms with van der Waals surface area (Å²) < 4.78 is 0. The van der Waals surface area contributed by atoms with Crippen LogP contribution >= 0.6 is 11.8 Å². The van der Waals surface area contributed by atoms with Gasteiger partial charge in [-0.3, -0.25) is 0 Å². The van der Waals surface area contributed by atoms with E-state index < -0.39 is 0 Å². The maximum Gasteiger partial charge on any atom is 0.166 e. The summed E-state index contributed by atoms with van der Waals surface area (Å²) in [6.07, 6.45) is 2.27. The first-order valence-electron chi connectivity index (χ1n) is 29.4. The number of rotatable bonds is 7. The van der Waals surface area contributed by atoms with Crippen LogP contribution in [0.4, 0.5) is 0 Å². The molecule has 438 valence electrons. The lowest BCUT2D eigenvalue weighted by molar-refractivity contribution is 1.28. The molecule has 0 spiro atoms. The van der Waals surface area contributed by atoms with Gasteiger partial charge in [0.05, 0.1) is 21.8 Å². The molecule has 9 aromatic rings. The minimum atomic E-state index is -0.0786. The van der Waals surface area contributed by atoms with Gasteiger partial charge in [0.25, 0.3) is 0 Å². The zero-order chi connectivity index (χ0) is 60.7. The SMILES string of the molecule is C.CC.CC.CC.CC.CC.CC.CC.CC.CC.C[S+](c1ccccc1)c1ccccc1.Cc1ccccc1.Cc1ccccc1.Cc1ccccc1.c1ccc(Sc2ccc([S+](c3ccccc3)c3ccccc3)cc2)cc1. The maximum absolute atomic E-state index is 2.27. The Morgan fingerprint density at radius 3 is 0.600 bits per heavy atom. The molecular weight excluding hydrogens is 1020 g/mol. The Kier molecular flexibility index (Phi) is 71.8. The van der Waals surface area contributed by atoms with Gasteiger partial charge in [0.15, 0.2) is 24.5 Å². The molecule has 9 rings (SSSR count). The Morgan fingerprint density at radius 2 is 0.388 bits per heavy atom. The molecule has 0 radical (unpaired) electrons. The summed E-state index contributed by atoms with van der Waals surface area (Å²) in [4.78, 5) is 9.39. The maximum atomic E-state index is 2.27. The van der Waals surface area contributed by atoms with E-state index in [1.165, 1.54) is 51.0 Å². The van der Waals surface area contributed by atoms with Crippen molar-refractivity contribution < 1.29 is 0 Å². The van der Waals surface area contributed by atoms with Crippen molar-refractivity contribution in [3.63, 3.8) is 0 Å². The fourth-order valence-electron chi connectivity index (χ4n) is 5.78. The molecule has 0 fully saturated rings. The molecule has 0 saturated heterocycles. The normalized spacial score (nSPS) is 8.30. The van der Waals surface area contributed by atoms with Gasteiger partial charge in [0.1, 0.15) is 6.26 Å². The van der Waals surface area contributed by atoms with Gasteiger partial charge in [-0.15, -0.1) is 0 Å². The first-order valence-corrected chi connectivity index (χ1v) is 33.1. The van der Waals surface area contributed by atoms with E-state index in [4.69, 9.17) is 0 Å². The van der Waals surface area contributed by atoms with Crippen LogP contribution in [0.1, 0.15) is 149 Å². The van der Waals surface area contributed by atoms with Gasteiger partial charge in [-0.25, -0.2) is 0 Å². The zero-order valence-electron chi connectivity index (χ0n) is 53.6. The average molecular weight is 1140 g/mol. The molecule has 0 atom stereocenters. The second-order valence-corrected chi connectivity index (χ2v) is 19.1. The highest BCUT2D eigenvalue weighted by Crippen LogP contribution is 2.34. The van der Waals surface area contributed by atoms with Crippen molar-refractivity contribution >= 4 is 33.6 Å². The van der Waals surface area contributed by atoms with E-state index in [0.29, 0.717) is 0 Å². The third-order valence-electron chi connectivity index (χ3n) is 9.01. The predicted molar refractivity (Wildman–Crippen MR) is 377 cm³/mol. The van der Waals surface area contributed by atoms with E-state index in [1.807, 2.05) is 179 Å². The summed E-state index contributed by atoms with van der Waals surface area (Å²) in [6, 6.07) is 93.1. The molecular formula is C77H114S3+2. The van der Waals surface area contributed by atoms with Gasteiger partial charge in [-0.2, -0.15) is 0 Å². The molecule has 80 heavy (non-hydrogen) atoms. The molecule has 0 bridgehead atoms. The zero-order valence-corrected chi connectivity index (χ0v) is 56.1. The van der Waals surface area contributed by atoms with E-state index in [9.17, 15) is 0 Å². The van der Waals surface area contributed by atoms with Crippen LogP contribution < -0.4 is 0 Å². The quantitative estimate of drug-likeness (QED) is 0.143. The Balaban J connectivity index is -0.000000216. The van der Waals surface area contributed by atoms with Crippen molar-refractivity contribution in [2.24, 2.45) is 0 Å². The van der Waals surface area contributed by atoms with E-state index >= 15 is 0 Å². The van der Waals surface area contributed by atoms with Crippen LogP contribution in [0.25, 0.3) is 0 Å². The van der Waals surface area contributed by atoms with Gasteiger partial charge < -0.3 is 0 Å². The Labute approximate surface area is 507 Å². The van der Waals surface area contributed by atoms with Crippen molar-refractivity contribution in [1.29, 1.82) is 0 Å². The summed E-state index contributed by atoms with van der Waals surface area (Å²) in [5.74, 6) is 0. The summed E-state index contributed by atoms with van der Waals surface area (Å²) in [5, 5.41) is 0. The average Bonchev–Trinajstić information content (AvgIpc) is 3.56. The standard InChI is InChI=1S/C24H19S2.C13H13S.3C7H8.9C2H6.CH4/c1-4-10-20(11-5-1)25-21-16-18-24(19-17-21)26(22-12-6-2-7-13-22)23-14-8-3-9-15-23;1-14(12-8-4-2-5-9-12)13-10-6-3-7-11-13;3*1-7-5-3-2-4-6-7;9*1-2;/h1-19H;2-11H,1H3;3*2-6H,1H3;9*1-2H3;1H4/q2*+1;;;;;;;;;;;;;. The Hall–Kier alpha value is -5.97. The van der Waals surface area contributed by atoms with Gasteiger partial charge in [-0.1, -0.05) is 342 Å². The molecule has 0 unspecified atom stereocenters. The smallest absolute Gasteiger partial charge is 0.0901 e. The molecule has 0 aliphatic carbocycles. The number of benzene rings is 9. The molecule has 0 aliphatic heterocycles. The molecule has 0 aromatic heterocycles. The lowest BCUT2D eigenvalue weighted by Crippen LogP contribution is -2.04. The first-order chi connectivity index (χ1) is 39.0. The second-order valence-electron chi connectivity index (χ2n) is 13.9. The van der Waals surface area contributed by atoms with E-state index in [2.05, 4.69) is 239 Å². The van der Waals surface area contributed by atoms with E-state index in [0.717, 1.165) is 0 Å². The Bertz CT molecular complexity index is 2260. The third-order valence-corrected chi connectivity index (χ3v) is 14.2. The minimum Gasteiger partial charge on any atom is -0.0901 e. The minimum absolute atomic E-state index is 0. The van der Waals surface area contributed by atoms with Gasteiger partial charge in [0, 0.05) is 9.79 Å². The molecule has 0 saturated carbocycles. The van der Waals surface area contributed by atoms with Crippen molar-refractivity contribution in [3.05, 3.63) is 284 Å². The highest BCUT2D eigenvalue weighted by Gasteiger charge is 2.28. The topological polar surface area (TPSA) is 0 Å². The predicted octanol–water partition coefficient (Wildman–Crippen LogP) is 26.1. The molecule has 9 aromatic carbocycles. The number of hydrogen-bond donors (Lipinski definition) is 0. The van der Waals surface area contributed by atoms with Crippen LogP contribution in [0.2, 0.25) is 0 Å². The molecule has 0 amide bonds. The van der Waals surface area contributed by atoms with E-state index in [1.54, 1.807) is 11.8 Å². The van der Waals surface area contributed by atoms with Crippen LogP contribution in [-0.2, 0) is 21.8 Å². The van der Waals surface area contributed by atoms with Crippen LogP contribution in [-0.4, -0.2) is 6.26 Å². The molecule has 0 nitrogen and oxygen atoms in total. The van der Waals surface area contributed by atoms with Gasteiger partial charge in [0.2, 0.25) is 0 Å². The lowest BCUT2D eigenvalue weighted by Gasteiger charge is -2.08. The fourth-order valence-corrected chi connectivity index (χ4v) is 10.1. The van der Waals surface area contributed by atoms with Gasteiger partial charge >= 0.3 is 0 Å². The molecule has 3 heteroatoms. The monoisotopic (exact) mass is 1130 g/mol. The molecule has 0 N–H and O–H groups in total. The number of hydrogen-bond acceptors (Lipinski definition) is 1. The van der Waals surface area contributed by atoms with Crippen LogP contribution in [0.3, 0.4) is 0 Å². The Morgan fingerprint density at radius 1 is 0.212 bits per heavy atom. The lowest BCUT2D eigenvalue weighted by atomic mass is 10.2. The van der Waals surface area contributed by atoms with Crippen LogP contribution in [0.15, 0.2) is 301 Å². The van der Waals surface area contributed by atoms with Crippen LogP contribution in [0.5, 0.6) is 0 Å². The summed E-state index contributed by atoms with van der Waals surface area (Å²) in [5.41, 5.74) is 3.97. The highest BCUT2D eigenvalue weighted by molar-refractivity contribution is 7.99. The molecule has 0 heterocycles. The van der Waals surface area contributed by atoms with Crippen LogP contribution in [0, 0.1) is 20.8 Å². The summed E-state index contributed by atoms with van der Waals surface area (Å²) in [7, 11) is 0.125. The van der Waals surface area contributed by atoms with Crippen molar-refractivity contribution in [1.82, 2.24) is 0 Å². The number of aryl methyl sites for hydroxylation is 3. The van der Waals surface area contributed by atoms with Gasteiger partial charge in [-0.05, 0) is 106 Å². The highest BCUT2D eigenvalue weighted by atomic mass is 32.2. The fraction of sp³-hybridized carbons (Fsp3) is 0.299. The first kappa shape index (κ1) is 85.3. The third kappa shape index (κ3) is 42.9. The molecule has 0 aliphatic rings. The summed E-state index contributed by atoms with van der Waals surface area (Å²) in [6.45, 7) is 42.3. The summed E-state index contributed by atoms with van der Waals surface area (Å²) >= 11 is 1.80. The largest absolute Gasteiger partial charge is 0.166 e. The second kappa shape index (κ2) is 67.3. The van der Waals surface area contributed by atoms with Crippen molar-refractivity contribution in [2.75, 3.05) is 6.26 Å². The van der Waals surface area contributed by atoms with Crippen molar-refractivity contribution in [3.8, 4) is 0 Å².